The lowest BCUT2D eigenvalue weighted by molar-refractivity contribution is 0.464. The minimum absolute atomic E-state index is 0.00654. The van der Waals surface area contributed by atoms with Crippen LogP contribution in [0.4, 0.5) is 0 Å². The molecule has 0 atom stereocenters. The highest BCUT2D eigenvalue weighted by molar-refractivity contribution is 7.00. The van der Waals surface area contributed by atoms with E-state index in [0.717, 1.165) is 89.5 Å². The molecule has 40 heavy (non-hydrogen) atoms. The molecule has 0 aliphatic carbocycles. The predicted molar refractivity (Wildman–Crippen MR) is 159 cm³/mol. The first-order chi connectivity index (χ1) is 19.8. The number of hydrogen-bond acceptors (Lipinski definition) is 4. The maximum atomic E-state index is 6.64. The zero-order valence-corrected chi connectivity index (χ0v) is 21.2. The van der Waals surface area contributed by atoms with Crippen molar-refractivity contribution in [3.63, 3.8) is 0 Å². The van der Waals surface area contributed by atoms with E-state index in [-0.39, 0.29) is 13.4 Å². The van der Waals surface area contributed by atoms with Crippen LogP contribution in [-0.4, -0.2) is 13.4 Å². The highest BCUT2D eigenvalue weighted by atomic mass is 16.5. The van der Waals surface area contributed by atoms with Crippen LogP contribution in [0.3, 0.4) is 0 Å². The molecule has 6 aromatic rings. The quantitative estimate of drug-likeness (QED) is 0.284. The molecule has 4 nitrogen and oxygen atoms in total. The zero-order chi connectivity index (χ0) is 25.9. The average Bonchev–Trinajstić information content (AvgIpc) is 3.00. The normalized spacial score (nSPS) is 14.2. The molecule has 184 valence electrons. The van der Waals surface area contributed by atoms with E-state index in [9.17, 15) is 0 Å². The smallest absolute Gasteiger partial charge is 0.261 e. The minimum atomic E-state index is -0.00654. The molecule has 0 bridgehead atoms. The summed E-state index contributed by atoms with van der Waals surface area (Å²) in [5.41, 5.74) is 6.76. The fraction of sp³-hybridized carbons (Fsp3) is 0. The van der Waals surface area contributed by atoms with Gasteiger partial charge in [-0.05, 0) is 81.2 Å². The van der Waals surface area contributed by atoms with Crippen LogP contribution in [0, 0.1) is 0 Å². The van der Waals surface area contributed by atoms with Crippen molar-refractivity contribution >= 4 is 57.0 Å². The molecule has 0 saturated carbocycles. The number of hydrogen-bond donors (Lipinski definition) is 0. The van der Waals surface area contributed by atoms with Gasteiger partial charge in [0.05, 0.1) is 0 Å². The van der Waals surface area contributed by atoms with Crippen LogP contribution in [0.25, 0.3) is 10.8 Å². The Kier molecular flexibility index (Phi) is 3.80. The van der Waals surface area contributed by atoms with Crippen LogP contribution < -0.4 is 51.7 Å². The lowest BCUT2D eigenvalue weighted by Gasteiger charge is -2.35. The van der Waals surface area contributed by atoms with Gasteiger partial charge in [-0.15, -0.1) is 0 Å². The molecule has 0 unspecified atom stereocenters. The Morgan fingerprint density at radius 1 is 0.350 bits per heavy atom. The van der Waals surface area contributed by atoms with Gasteiger partial charge >= 0.3 is 0 Å². The largest absolute Gasteiger partial charge is 0.458 e. The second-order valence-corrected chi connectivity index (χ2v) is 10.8. The summed E-state index contributed by atoms with van der Waals surface area (Å²) < 4.78 is 25.8. The standard InChI is InChI=1S/C34H18B2O4/c1-3-9-24-21(7-1)35-23-17-19-15-16-30-32(20(19)18-31(23)40-27-12-5-11-26(37-24)33(27)35)36-22-8-2-4-10-25(22)38-28-13-6-14-29(39-30)34(28)36/h1-18H. The molecule has 0 amide bonds. The molecule has 0 fully saturated rings. The van der Waals surface area contributed by atoms with Gasteiger partial charge in [0.15, 0.2) is 0 Å². The van der Waals surface area contributed by atoms with Gasteiger partial charge in [0.1, 0.15) is 46.0 Å². The van der Waals surface area contributed by atoms with Gasteiger partial charge in [-0.3, -0.25) is 0 Å². The highest BCUT2D eigenvalue weighted by Gasteiger charge is 2.43. The average molecular weight is 512 g/mol. The third kappa shape index (κ3) is 2.58. The van der Waals surface area contributed by atoms with Crippen molar-refractivity contribution in [3.8, 4) is 46.0 Å². The van der Waals surface area contributed by atoms with Crippen LogP contribution >= 0.6 is 0 Å². The molecule has 4 heterocycles. The monoisotopic (exact) mass is 512 g/mol. The van der Waals surface area contributed by atoms with E-state index in [2.05, 4.69) is 48.5 Å². The highest BCUT2D eigenvalue weighted by Crippen LogP contribution is 2.39. The van der Waals surface area contributed by atoms with Crippen molar-refractivity contribution < 1.29 is 18.9 Å². The van der Waals surface area contributed by atoms with Crippen molar-refractivity contribution in [2.75, 3.05) is 0 Å². The number of ether oxygens (including phenoxy) is 4. The third-order valence-electron chi connectivity index (χ3n) is 8.72. The van der Waals surface area contributed by atoms with Gasteiger partial charge in [0.2, 0.25) is 0 Å². The molecular formula is C34H18B2O4. The van der Waals surface area contributed by atoms with Gasteiger partial charge in [-0.2, -0.15) is 0 Å². The molecule has 0 radical (unpaired) electrons. The molecule has 0 saturated heterocycles. The molecule has 6 heteroatoms. The second-order valence-electron chi connectivity index (χ2n) is 10.8. The summed E-state index contributed by atoms with van der Waals surface area (Å²) >= 11 is 0. The fourth-order valence-corrected chi connectivity index (χ4v) is 7.08. The van der Waals surface area contributed by atoms with Crippen LogP contribution in [0.5, 0.6) is 46.0 Å². The third-order valence-corrected chi connectivity index (χ3v) is 8.72. The molecular weight excluding hydrogens is 494 g/mol. The summed E-state index contributed by atoms with van der Waals surface area (Å²) in [5, 5.41) is 2.28. The second kappa shape index (κ2) is 7.30. The molecule has 10 rings (SSSR count). The maximum Gasteiger partial charge on any atom is 0.261 e. The lowest BCUT2D eigenvalue weighted by atomic mass is 9.33. The van der Waals surface area contributed by atoms with E-state index < -0.39 is 0 Å². The number of fused-ring (bicyclic) bond motifs is 10. The lowest BCUT2D eigenvalue weighted by Crippen LogP contribution is -2.58. The van der Waals surface area contributed by atoms with Crippen molar-refractivity contribution in [2.45, 2.75) is 0 Å². The van der Waals surface area contributed by atoms with Gasteiger partial charge in [-0.1, -0.05) is 60.7 Å². The number of rotatable bonds is 0. The van der Waals surface area contributed by atoms with Crippen LogP contribution in [0.15, 0.2) is 109 Å². The molecule has 0 N–H and O–H groups in total. The number of benzene rings is 6. The first kappa shape index (κ1) is 20.8. The Labute approximate surface area is 230 Å². The first-order valence-corrected chi connectivity index (χ1v) is 13.6. The first-order valence-electron chi connectivity index (χ1n) is 13.6. The minimum Gasteiger partial charge on any atom is -0.458 e. The Balaban J connectivity index is 1.26. The summed E-state index contributed by atoms with van der Waals surface area (Å²) in [6.07, 6.45) is 0. The topological polar surface area (TPSA) is 36.9 Å². The van der Waals surface area contributed by atoms with Gasteiger partial charge < -0.3 is 18.9 Å². The van der Waals surface area contributed by atoms with E-state index in [1.807, 2.05) is 60.7 Å². The van der Waals surface area contributed by atoms with Crippen LogP contribution in [-0.2, 0) is 0 Å². The van der Waals surface area contributed by atoms with Crippen LogP contribution in [0.2, 0.25) is 0 Å². The summed E-state index contributed by atoms with van der Waals surface area (Å²) in [7, 11) is 0. The summed E-state index contributed by atoms with van der Waals surface area (Å²) in [5.74, 6) is 6.91. The molecule has 0 spiro atoms. The van der Waals surface area contributed by atoms with E-state index in [1.165, 1.54) is 0 Å². The number of para-hydroxylation sites is 2. The predicted octanol–water partition coefficient (Wildman–Crippen LogP) is 4.30. The Hall–Kier alpha value is -5.09. The van der Waals surface area contributed by atoms with Crippen molar-refractivity contribution in [1.82, 2.24) is 0 Å². The van der Waals surface area contributed by atoms with Crippen molar-refractivity contribution in [3.05, 3.63) is 109 Å². The van der Waals surface area contributed by atoms with E-state index in [1.54, 1.807) is 0 Å². The Bertz CT molecular complexity index is 2090. The van der Waals surface area contributed by atoms with Crippen molar-refractivity contribution in [1.29, 1.82) is 0 Å². The van der Waals surface area contributed by atoms with Gasteiger partial charge in [0, 0.05) is 10.9 Å². The van der Waals surface area contributed by atoms with Gasteiger partial charge in [-0.25, -0.2) is 0 Å². The molecule has 4 aliphatic rings. The molecule has 6 aromatic carbocycles. The van der Waals surface area contributed by atoms with Gasteiger partial charge in [0.25, 0.3) is 13.4 Å². The fourth-order valence-electron chi connectivity index (χ4n) is 7.08. The SMILES string of the molecule is c1ccc2c(c1)Oc1cccc3c1B2c1cc2ccc4c(c2cc1O3)B1c2ccccc2Oc2cccc(c21)O4. The Morgan fingerprint density at radius 2 is 0.850 bits per heavy atom. The summed E-state index contributed by atoms with van der Waals surface area (Å²) in [6.45, 7) is 0.0284. The van der Waals surface area contributed by atoms with Crippen molar-refractivity contribution in [2.24, 2.45) is 0 Å². The van der Waals surface area contributed by atoms with E-state index in [0.29, 0.717) is 0 Å². The maximum absolute atomic E-state index is 6.64. The zero-order valence-electron chi connectivity index (χ0n) is 21.2. The summed E-state index contributed by atoms with van der Waals surface area (Å²) in [4.78, 5) is 0. The molecule has 4 aliphatic heterocycles. The molecule has 0 aromatic heterocycles. The summed E-state index contributed by atoms with van der Waals surface area (Å²) in [6, 6.07) is 37.6. The Morgan fingerprint density at radius 3 is 1.52 bits per heavy atom. The van der Waals surface area contributed by atoms with E-state index >= 15 is 0 Å². The van der Waals surface area contributed by atoms with E-state index in [4.69, 9.17) is 18.9 Å². The van der Waals surface area contributed by atoms with Crippen LogP contribution in [0.1, 0.15) is 0 Å².